The van der Waals surface area contributed by atoms with Crippen molar-refractivity contribution in [2.75, 3.05) is 0 Å². The van der Waals surface area contributed by atoms with Crippen LogP contribution in [0.5, 0.6) is 0 Å². The molecule has 2 aromatic rings. The highest BCUT2D eigenvalue weighted by Gasteiger charge is 2.01. The van der Waals surface area contributed by atoms with Crippen LogP contribution in [0.25, 0.3) is 11.5 Å². The van der Waals surface area contributed by atoms with Gasteiger partial charge in [-0.2, -0.15) is 5.10 Å². The van der Waals surface area contributed by atoms with E-state index in [1.165, 1.54) is 0 Å². The summed E-state index contributed by atoms with van der Waals surface area (Å²) in [5, 5.41) is 4.17. The highest BCUT2D eigenvalue weighted by atomic mass is 15.3. The van der Waals surface area contributed by atoms with Gasteiger partial charge in [0.05, 0.1) is 0 Å². The van der Waals surface area contributed by atoms with Crippen LogP contribution in [0.15, 0.2) is 30.7 Å². The van der Waals surface area contributed by atoms with Gasteiger partial charge in [-0.1, -0.05) is 0 Å². The van der Waals surface area contributed by atoms with Crippen LogP contribution in [0.2, 0.25) is 0 Å². The van der Waals surface area contributed by atoms with Gasteiger partial charge in [-0.05, 0) is 12.1 Å². The van der Waals surface area contributed by atoms with Gasteiger partial charge in [0.15, 0.2) is 5.82 Å². The van der Waals surface area contributed by atoms with E-state index >= 15 is 0 Å². The van der Waals surface area contributed by atoms with Gasteiger partial charge in [-0.25, -0.2) is 9.97 Å². The molecule has 0 fully saturated rings. The standard InChI is InChI=1S/C8H8N4/c1-12-6-3-7(11-12)8-9-4-2-5-10-8/h2-6H,1H3. The summed E-state index contributed by atoms with van der Waals surface area (Å²) in [6.45, 7) is 0. The fraction of sp³-hybridized carbons (Fsp3) is 0.125. The van der Waals surface area contributed by atoms with Crippen molar-refractivity contribution in [1.29, 1.82) is 0 Å². The van der Waals surface area contributed by atoms with Crippen LogP contribution in [0.4, 0.5) is 0 Å². The van der Waals surface area contributed by atoms with E-state index < -0.39 is 0 Å². The number of hydrogen-bond donors (Lipinski definition) is 0. The van der Waals surface area contributed by atoms with E-state index in [9.17, 15) is 0 Å². The van der Waals surface area contributed by atoms with E-state index in [0.717, 1.165) is 5.69 Å². The number of aromatic nitrogens is 4. The van der Waals surface area contributed by atoms with Gasteiger partial charge in [-0.15, -0.1) is 0 Å². The first-order valence-corrected chi connectivity index (χ1v) is 3.63. The molecule has 4 nitrogen and oxygen atoms in total. The van der Waals surface area contributed by atoms with Crippen LogP contribution in [-0.2, 0) is 7.05 Å². The molecule has 0 atom stereocenters. The maximum absolute atomic E-state index is 4.17. The summed E-state index contributed by atoms with van der Waals surface area (Å²) in [6, 6.07) is 3.67. The second kappa shape index (κ2) is 2.73. The minimum absolute atomic E-state index is 0.665. The predicted octanol–water partition coefficient (Wildman–Crippen LogP) is 0.877. The molecule has 0 unspecified atom stereocenters. The van der Waals surface area contributed by atoms with E-state index in [-0.39, 0.29) is 0 Å². The summed E-state index contributed by atoms with van der Waals surface area (Å²) < 4.78 is 1.73. The minimum atomic E-state index is 0.665. The van der Waals surface area contributed by atoms with Gasteiger partial charge in [-0.3, -0.25) is 4.68 Å². The van der Waals surface area contributed by atoms with Crippen LogP contribution in [0.3, 0.4) is 0 Å². The van der Waals surface area contributed by atoms with Crippen molar-refractivity contribution in [3.8, 4) is 11.5 Å². The van der Waals surface area contributed by atoms with Gasteiger partial charge in [0.2, 0.25) is 0 Å². The summed E-state index contributed by atoms with van der Waals surface area (Å²) in [4.78, 5) is 8.15. The fourth-order valence-electron chi connectivity index (χ4n) is 0.966. The first kappa shape index (κ1) is 6.97. The molecule has 4 heteroatoms. The summed E-state index contributed by atoms with van der Waals surface area (Å²) in [5.74, 6) is 0.665. The molecule has 2 rings (SSSR count). The highest BCUT2D eigenvalue weighted by Crippen LogP contribution is 2.08. The third kappa shape index (κ3) is 1.18. The third-order valence-corrected chi connectivity index (χ3v) is 1.51. The van der Waals surface area contributed by atoms with E-state index in [1.807, 2.05) is 19.3 Å². The van der Waals surface area contributed by atoms with Crippen molar-refractivity contribution in [2.45, 2.75) is 0 Å². The molecule has 0 radical (unpaired) electrons. The molecule has 60 valence electrons. The van der Waals surface area contributed by atoms with Gasteiger partial charge in [0, 0.05) is 25.6 Å². The van der Waals surface area contributed by atoms with Crippen molar-refractivity contribution in [3.63, 3.8) is 0 Å². The van der Waals surface area contributed by atoms with E-state index in [1.54, 1.807) is 23.1 Å². The SMILES string of the molecule is Cn1ccc(-c2ncccn2)n1. The Bertz CT molecular complexity index is 366. The summed E-state index contributed by atoms with van der Waals surface area (Å²) in [6.07, 6.45) is 5.28. The van der Waals surface area contributed by atoms with Crippen molar-refractivity contribution in [1.82, 2.24) is 19.7 Å². The Labute approximate surface area is 69.9 Å². The molecule has 0 aromatic carbocycles. The molecule has 0 spiro atoms. The third-order valence-electron chi connectivity index (χ3n) is 1.51. The maximum Gasteiger partial charge on any atom is 0.179 e. The molecule has 0 N–H and O–H groups in total. The van der Waals surface area contributed by atoms with Gasteiger partial charge in [0.1, 0.15) is 5.69 Å². The first-order chi connectivity index (χ1) is 5.86. The first-order valence-electron chi connectivity index (χ1n) is 3.63. The Morgan fingerprint density at radius 2 is 2.00 bits per heavy atom. The molecule has 0 amide bonds. The normalized spacial score (nSPS) is 10.1. The monoisotopic (exact) mass is 160 g/mol. The van der Waals surface area contributed by atoms with Crippen molar-refractivity contribution in [3.05, 3.63) is 30.7 Å². The van der Waals surface area contributed by atoms with E-state index in [4.69, 9.17) is 0 Å². The zero-order valence-corrected chi connectivity index (χ0v) is 6.68. The number of hydrogen-bond acceptors (Lipinski definition) is 3. The number of aryl methyl sites for hydroxylation is 1. The summed E-state index contributed by atoms with van der Waals surface area (Å²) >= 11 is 0. The Balaban J connectivity index is 2.45. The number of rotatable bonds is 1. The minimum Gasteiger partial charge on any atom is -0.275 e. The second-order valence-corrected chi connectivity index (χ2v) is 2.45. The molecule has 0 saturated heterocycles. The molecule has 2 heterocycles. The van der Waals surface area contributed by atoms with Crippen LogP contribution in [-0.4, -0.2) is 19.7 Å². The van der Waals surface area contributed by atoms with Gasteiger partial charge >= 0.3 is 0 Å². The average molecular weight is 160 g/mol. The predicted molar refractivity (Wildman–Crippen MR) is 44.2 cm³/mol. The molecule has 0 saturated carbocycles. The fourth-order valence-corrected chi connectivity index (χ4v) is 0.966. The van der Waals surface area contributed by atoms with Crippen LogP contribution < -0.4 is 0 Å². The molecule has 0 aliphatic rings. The molecule has 0 aliphatic heterocycles. The smallest absolute Gasteiger partial charge is 0.179 e. The largest absolute Gasteiger partial charge is 0.275 e. The second-order valence-electron chi connectivity index (χ2n) is 2.45. The Morgan fingerprint density at radius 3 is 2.58 bits per heavy atom. The van der Waals surface area contributed by atoms with Crippen LogP contribution in [0, 0.1) is 0 Å². The average Bonchev–Trinajstić information content (AvgIpc) is 2.54. The quantitative estimate of drug-likeness (QED) is 0.622. The van der Waals surface area contributed by atoms with E-state index in [0.29, 0.717) is 5.82 Å². The molecule has 12 heavy (non-hydrogen) atoms. The Morgan fingerprint density at radius 1 is 1.25 bits per heavy atom. The van der Waals surface area contributed by atoms with E-state index in [2.05, 4.69) is 15.1 Å². The van der Waals surface area contributed by atoms with Crippen molar-refractivity contribution < 1.29 is 0 Å². The maximum atomic E-state index is 4.17. The molecular formula is C8H8N4. The van der Waals surface area contributed by atoms with Crippen LogP contribution in [0.1, 0.15) is 0 Å². The van der Waals surface area contributed by atoms with Crippen molar-refractivity contribution >= 4 is 0 Å². The molecule has 0 bridgehead atoms. The lowest BCUT2D eigenvalue weighted by Gasteiger charge is -1.91. The zero-order chi connectivity index (χ0) is 8.39. The lowest BCUT2D eigenvalue weighted by Crippen LogP contribution is -1.90. The topological polar surface area (TPSA) is 43.6 Å². The van der Waals surface area contributed by atoms with Crippen LogP contribution >= 0.6 is 0 Å². The lowest BCUT2D eigenvalue weighted by atomic mass is 10.4. The number of nitrogens with zero attached hydrogens (tertiary/aromatic N) is 4. The summed E-state index contributed by atoms with van der Waals surface area (Å²) in [5.41, 5.74) is 0.804. The summed E-state index contributed by atoms with van der Waals surface area (Å²) in [7, 11) is 1.87. The van der Waals surface area contributed by atoms with Gasteiger partial charge < -0.3 is 0 Å². The zero-order valence-electron chi connectivity index (χ0n) is 6.68. The Kier molecular flexibility index (Phi) is 1.59. The lowest BCUT2D eigenvalue weighted by molar-refractivity contribution is 0.768. The molecular weight excluding hydrogens is 152 g/mol. The highest BCUT2D eigenvalue weighted by molar-refractivity contribution is 5.46. The molecule has 0 aliphatic carbocycles. The molecule has 2 aromatic heterocycles. The van der Waals surface area contributed by atoms with Gasteiger partial charge in [0.25, 0.3) is 0 Å². The Hall–Kier alpha value is -1.71. The van der Waals surface area contributed by atoms with Crippen molar-refractivity contribution in [2.24, 2.45) is 7.05 Å².